The summed E-state index contributed by atoms with van der Waals surface area (Å²) in [5.74, 6) is 0. The smallest absolute Gasteiger partial charge is 0.0654 e. The first-order chi connectivity index (χ1) is 15.1. The van der Waals surface area contributed by atoms with Crippen LogP contribution in [0.4, 0.5) is 0 Å². The minimum Gasteiger partial charge on any atom is -0.0654 e. The van der Waals surface area contributed by atoms with E-state index in [1.807, 2.05) is 0 Å². The molecule has 31 heavy (non-hydrogen) atoms. The van der Waals surface area contributed by atoms with Crippen LogP contribution in [0.3, 0.4) is 0 Å². The molecule has 0 nitrogen and oxygen atoms in total. The quantitative estimate of drug-likeness (QED) is 0.178. The fourth-order valence-electron chi connectivity index (χ4n) is 6.12. The SMILES string of the molecule is CCCCCC[Si]1(CCCCCC)C(c2ccc(Br)cc2)CCC1c1ccc(Br)cc1. The van der Waals surface area contributed by atoms with Crippen LogP contribution in [0.25, 0.3) is 0 Å². The Morgan fingerprint density at radius 2 is 1.00 bits per heavy atom. The zero-order valence-electron chi connectivity index (χ0n) is 19.5. The maximum Gasteiger partial charge on any atom is 0.0687 e. The summed E-state index contributed by atoms with van der Waals surface area (Å²) >= 11 is 7.33. The van der Waals surface area contributed by atoms with Crippen LogP contribution in [0, 0.1) is 0 Å². The Morgan fingerprint density at radius 3 is 1.35 bits per heavy atom. The maximum absolute atomic E-state index is 3.66. The normalized spacial score (nSPS) is 20.3. The van der Waals surface area contributed by atoms with Crippen LogP contribution in [0.1, 0.15) is 100 Å². The van der Waals surface area contributed by atoms with Crippen molar-refractivity contribution in [1.29, 1.82) is 0 Å². The Labute approximate surface area is 208 Å². The molecule has 0 aromatic heterocycles. The summed E-state index contributed by atoms with van der Waals surface area (Å²) in [6.07, 6.45) is 13.9. The van der Waals surface area contributed by atoms with Gasteiger partial charge < -0.3 is 0 Å². The molecule has 0 N–H and O–H groups in total. The molecule has 0 amide bonds. The van der Waals surface area contributed by atoms with E-state index in [2.05, 4.69) is 94.2 Å². The molecule has 0 bridgehead atoms. The molecule has 3 heteroatoms. The average Bonchev–Trinajstić information content (AvgIpc) is 3.15. The summed E-state index contributed by atoms with van der Waals surface area (Å²) < 4.78 is 2.41. The van der Waals surface area contributed by atoms with Crippen LogP contribution in [0.15, 0.2) is 57.5 Å². The largest absolute Gasteiger partial charge is 0.0687 e. The summed E-state index contributed by atoms with van der Waals surface area (Å²) in [5.41, 5.74) is 4.89. The lowest BCUT2D eigenvalue weighted by Crippen LogP contribution is -2.43. The van der Waals surface area contributed by atoms with E-state index in [4.69, 9.17) is 0 Å². The second kappa shape index (κ2) is 12.7. The number of rotatable bonds is 12. The van der Waals surface area contributed by atoms with Crippen molar-refractivity contribution < 1.29 is 0 Å². The number of benzene rings is 2. The number of unbranched alkanes of at least 4 members (excludes halogenated alkanes) is 6. The van der Waals surface area contributed by atoms with Crippen molar-refractivity contribution in [3.05, 3.63) is 68.6 Å². The third-order valence-electron chi connectivity index (χ3n) is 7.67. The van der Waals surface area contributed by atoms with Crippen molar-refractivity contribution in [2.24, 2.45) is 0 Å². The molecule has 0 saturated carbocycles. The third kappa shape index (κ3) is 6.57. The summed E-state index contributed by atoms with van der Waals surface area (Å²) in [7, 11) is -1.54. The fourth-order valence-corrected chi connectivity index (χ4v) is 13.8. The van der Waals surface area contributed by atoms with Crippen molar-refractivity contribution in [3.8, 4) is 0 Å². The van der Waals surface area contributed by atoms with Crippen LogP contribution < -0.4 is 0 Å². The van der Waals surface area contributed by atoms with Crippen LogP contribution in [-0.2, 0) is 0 Å². The highest BCUT2D eigenvalue weighted by atomic mass is 79.9. The van der Waals surface area contributed by atoms with Gasteiger partial charge in [0.25, 0.3) is 0 Å². The first kappa shape index (κ1) is 25.2. The Bertz CT molecular complexity index is 701. The molecule has 1 aliphatic heterocycles. The standard InChI is InChI=1S/C28H40Br2Si/c1-3-5-7-9-21-31(22-10-8-6-4-2)27(23-11-15-25(29)16-12-23)19-20-28(31)24-13-17-26(30)18-14-24/h11-18,27-28H,3-10,19-22H2,1-2H3. The van der Waals surface area contributed by atoms with Crippen molar-refractivity contribution >= 4 is 39.9 Å². The molecule has 0 aliphatic carbocycles. The summed E-state index contributed by atoms with van der Waals surface area (Å²) in [6, 6.07) is 21.8. The highest BCUT2D eigenvalue weighted by Crippen LogP contribution is 2.55. The average molecular weight is 565 g/mol. The van der Waals surface area contributed by atoms with Crippen molar-refractivity contribution in [1.82, 2.24) is 0 Å². The van der Waals surface area contributed by atoms with Crippen LogP contribution in [0.2, 0.25) is 12.1 Å². The molecule has 170 valence electrons. The molecule has 2 atom stereocenters. The van der Waals surface area contributed by atoms with Gasteiger partial charge in [0, 0.05) is 8.95 Å². The van der Waals surface area contributed by atoms with E-state index in [1.165, 1.54) is 85.2 Å². The highest BCUT2D eigenvalue weighted by molar-refractivity contribution is 9.10. The number of hydrogen-bond acceptors (Lipinski definition) is 0. The highest BCUT2D eigenvalue weighted by Gasteiger charge is 2.51. The third-order valence-corrected chi connectivity index (χ3v) is 15.3. The molecule has 2 aromatic carbocycles. The molecule has 1 aliphatic rings. The van der Waals surface area contributed by atoms with E-state index >= 15 is 0 Å². The molecule has 0 radical (unpaired) electrons. The molecular weight excluding hydrogens is 524 g/mol. The number of halogens is 2. The van der Waals surface area contributed by atoms with Gasteiger partial charge in [0.2, 0.25) is 0 Å². The van der Waals surface area contributed by atoms with Gasteiger partial charge in [-0.25, -0.2) is 0 Å². The van der Waals surface area contributed by atoms with E-state index < -0.39 is 8.07 Å². The molecule has 1 fully saturated rings. The second-order valence-corrected chi connectivity index (χ2v) is 16.3. The van der Waals surface area contributed by atoms with E-state index in [0.29, 0.717) is 0 Å². The Morgan fingerprint density at radius 1 is 0.613 bits per heavy atom. The second-order valence-electron chi connectivity index (χ2n) is 9.64. The molecule has 1 saturated heterocycles. The minimum atomic E-state index is -1.54. The Balaban J connectivity index is 1.96. The van der Waals surface area contributed by atoms with E-state index in [1.54, 1.807) is 11.1 Å². The molecule has 3 rings (SSSR count). The van der Waals surface area contributed by atoms with Crippen LogP contribution in [-0.4, -0.2) is 8.07 Å². The van der Waals surface area contributed by atoms with Gasteiger partial charge in [-0.2, -0.15) is 0 Å². The zero-order chi connectivity index (χ0) is 22.1. The van der Waals surface area contributed by atoms with E-state index in [-0.39, 0.29) is 0 Å². The van der Waals surface area contributed by atoms with Gasteiger partial charge in [-0.05, 0) is 59.3 Å². The lowest BCUT2D eigenvalue weighted by Gasteiger charge is -2.40. The topological polar surface area (TPSA) is 0 Å². The Hall–Kier alpha value is -0.383. The van der Waals surface area contributed by atoms with Crippen molar-refractivity contribution in [3.63, 3.8) is 0 Å². The zero-order valence-corrected chi connectivity index (χ0v) is 23.7. The predicted octanol–water partition coefficient (Wildman–Crippen LogP) is 10.6. The molecular formula is C28H40Br2Si. The van der Waals surface area contributed by atoms with Gasteiger partial charge >= 0.3 is 0 Å². The molecule has 2 aromatic rings. The van der Waals surface area contributed by atoms with Gasteiger partial charge in [0.15, 0.2) is 0 Å². The molecule has 0 spiro atoms. The van der Waals surface area contributed by atoms with Gasteiger partial charge in [-0.15, -0.1) is 0 Å². The summed E-state index contributed by atoms with van der Waals surface area (Å²) in [4.78, 5) is 0. The van der Waals surface area contributed by atoms with Gasteiger partial charge in [0.1, 0.15) is 0 Å². The van der Waals surface area contributed by atoms with Gasteiger partial charge in [-0.3, -0.25) is 0 Å². The lowest BCUT2D eigenvalue weighted by molar-refractivity contribution is 0.671. The molecule has 2 unspecified atom stereocenters. The maximum atomic E-state index is 3.66. The molecule has 1 heterocycles. The van der Waals surface area contributed by atoms with Crippen LogP contribution in [0.5, 0.6) is 0 Å². The van der Waals surface area contributed by atoms with Crippen molar-refractivity contribution in [2.75, 3.05) is 0 Å². The van der Waals surface area contributed by atoms with Gasteiger partial charge in [0.05, 0.1) is 8.07 Å². The first-order valence-corrected chi connectivity index (χ1v) is 16.8. The lowest BCUT2D eigenvalue weighted by atomic mass is 10.0. The minimum absolute atomic E-state index is 0.817. The summed E-state index contributed by atoms with van der Waals surface area (Å²) in [5, 5.41) is 0. The van der Waals surface area contributed by atoms with E-state index in [0.717, 1.165) is 11.1 Å². The van der Waals surface area contributed by atoms with Gasteiger partial charge in [-0.1, -0.05) is 133 Å². The fraction of sp³-hybridized carbons (Fsp3) is 0.571. The Kier molecular flexibility index (Phi) is 10.4. The summed E-state index contributed by atoms with van der Waals surface area (Å²) in [6.45, 7) is 4.67. The first-order valence-electron chi connectivity index (χ1n) is 12.6. The monoisotopic (exact) mass is 562 g/mol. The van der Waals surface area contributed by atoms with Crippen molar-refractivity contribution in [2.45, 2.75) is 101 Å². The number of hydrogen-bond donors (Lipinski definition) is 0. The predicted molar refractivity (Wildman–Crippen MR) is 147 cm³/mol. The van der Waals surface area contributed by atoms with Crippen LogP contribution >= 0.6 is 31.9 Å². The van der Waals surface area contributed by atoms with E-state index in [9.17, 15) is 0 Å².